The maximum absolute atomic E-state index is 5.10. The van der Waals surface area contributed by atoms with Crippen LogP contribution in [0, 0.1) is 17.8 Å². The number of hydrogen-bond acceptors (Lipinski definition) is 4. The van der Waals surface area contributed by atoms with Gasteiger partial charge in [-0.1, -0.05) is 29.1 Å². The van der Waals surface area contributed by atoms with Crippen molar-refractivity contribution >= 4 is 6.21 Å². The molecule has 23 heavy (non-hydrogen) atoms. The van der Waals surface area contributed by atoms with Crippen molar-refractivity contribution in [3.63, 3.8) is 0 Å². The van der Waals surface area contributed by atoms with E-state index in [1.165, 1.54) is 19.2 Å². The Labute approximate surface area is 136 Å². The molecule has 0 radical (unpaired) electrons. The summed E-state index contributed by atoms with van der Waals surface area (Å²) in [5.74, 6) is 7.21. The third kappa shape index (κ3) is 4.68. The fraction of sp³-hybridized carbons (Fsp3) is 0.389. The minimum Gasteiger partial charge on any atom is -0.396 e. The van der Waals surface area contributed by atoms with Crippen LogP contribution in [0.5, 0.6) is 0 Å². The minimum atomic E-state index is 0.0775. The van der Waals surface area contributed by atoms with Crippen molar-refractivity contribution in [2.24, 2.45) is 11.1 Å². The largest absolute Gasteiger partial charge is 0.396 e. The molecule has 0 saturated heterocycles. The first-order valence-electron chi connectivity index (χ1n) is 7.94. The minimum absolute atomic E-state index is 0.0775. The van der Waals surface area contributed by atoms with Gasteiger partial charge in [-0.05, 0) is 37.5 Å². The lowest BCUT2D eigenvalue weighted by Gasteiger charge is -2.12. The molecule has 2 aromatic rings. The van der Waals surface area contributed by atoms with Gasteiger partial charge in [-0.25, -0.2) is 4.98 Å². The summed E-state index contributed by atoms with van der Waals surface area (Å²) in [5, 5.41) is 8.19. The van der Waals surface area contributed by atoms with Gasteiger partial charge in [0.2, 0.25) is 0 Å². The molecule has 1 unspecified atom stereocenters. The second-order valence-electron chi connectivity index (χ2n) is 5.56. The summed E-state index contributed by atoms with van der Waals surface area (Å²) < 4.78 is 1.80. The zero-order valence-corrected chi connectivity index (χ0v) is 13.2. The SMILES string of the molecule is CCO/N=C/C(Cn1cncn1)c1ccc(C#CC2CC2)cc1. The molecular formula is C18H20N4O. The lowest BCUT2D eigenvalue weighted by molar-refractivity contribution is 0.159. The predicted molar refractivity (Wildman–Crippen MR) is 88.9 cm³/mol. The van der Waals surface area contributed by atoms with Crippen LogP contribution in [-0.2, 0) is 11.4 Å². The average Bonchev–Trinajstić information content (AvgIpc) is 3.27. The van der Waals surface area contributed by atoms with Crippen molar-refractivity contribution in [1.82, 2.24) is 14.8 Å². The van der Waals surface area contributed by atoms with Crippen LogP contribution < -0.4 is 0 Å². The summed E-state index contributed by atoms with van der Waals surface area (Å²) in [6.07, 6.45) is 7.55. The van der Waals surface area contributed by atoms with Crippen LogP contribution in [-0.4, -0.2) is 27.6 Å². The van der Waals surface area contributed by atoms with Crippen LogP contribution in [0.2, 0.25) is 0 Å². The molecule has 1 heterocycles. The smallest absolute Gasteiger partial charge is 0.137 e. The van der Waals surface area contributed by atoms with E-state index in [0.29, 0.717) is 19.1 Å². The van der Waals surface area contributed by atoms with Crippen molar-refractivity contribution in [2.45, 2.75) is 32.2 Å². The van der Waals surface area contributed by atoms with Crippen LogP contribution in [0.3, 0.4) is 0 Å². The third-order valence-corrected chi connectivity index (χ3v) is 3.63. The van der Waals surface area contributed by atoms with Crippen molar-refractivity contribution in [2.75, 3.05) is 6.61 Å². The van der Waals surface area contributed by atoms with Gasteiger partial charge in [0.1, 0.15) is 19.3 Å². The summed E-state index contributed by atoms with van der Waals surface area (Å²) in [5.41, 5.74) is 2.21. The van der Waals surface area contributed by atoms with Gasteiger partial charge in [0, 0.05) is 17.4 Å². The molecule has 1 aliphatic carbocycles. The Hall–Kier alpha value is -2.61. The Bertz CT molecular complexity index is 691. The van der Waals surface area contributed by atoms with E-state index in [1.54, 1.807) is 11.0 Å². The molecule has 0 N–H and O–H groups in total. The highest BCUT2D eigenvalue weighted by Gasteiger charge is 2.17. The van der Waals surface area contributed by atoms with Gasteiger partial charge in [0.25, 0.3) is 0 Å². The van der Waals surface area contributed by atoms with Crippen LogP contribution in [0.4, 0.5) is 0 Å². The molecule has 0 aliphatic heterocycles. The van der Waals surface area contributed by atoms with E-state index in [0.717, 1.165) is 11.1 Å². The highest BCUT2D eigenvalue weighted by molar-refractivity contribution is 5.67. The quantitative estimate of drug-likeness (QED) is 0.468. The second kappa shape index (κ2) is 7.59. The zero-order chi connectivity index (χ0) is 15.9. The molecule has 1 aliphatic rings. The Balaban J connectivity index is 1.73. The lowest BCUT2D eigenvalue weighted by Crippen LogP contribution is -2.11. The molecule has 1 atom stereocenters. The number of aromatic nitrogens is 3. The first-order valence-corrected chi connectivity index (χ1v) is 7.94. The molecule has 5 heteroatoms. The number of hydrogen-bond donors (Lipinski definition) is 0. The molecule has 1 fully saturated rings. The Kier molecular flexibility index (Phi) is 5.05. The monoisotopic (exact) mass is 308 g/mol. The van der Waals surface area contributed by atoms with Crippen molar-refractivity contribution < 1.29 is 4.84 Å². The molecule has 118 valence electrons. The number of benzene rings is 1. The van der Waals surface area contributed by atoms with Gasteiger partial charge in [-0.2, -0.15) is 5.10 Å². The van der Waals surface area contributed by atoms with Crippen LogP contribution in [0.1, 0.15) is 36.8 Å². The molecule has 1 aromatic carbocycles. The van der Waals surface area contributed by atoms with Crippen LogP contribution in [0.25, 0.3) is 0 Å². The van der Waals surface area contributed by atoms with Gasteiger partial charge >= 0.3 is 0 Å². The van der Waals surface area contributed by atoms with E-state index in [2.05, 4.69) is 51.3 Å². The number of nitrogens with zero attached hydrogens (tertiary/aromatic N) is 4. The lowest BCUT2D eigenvalue weighted by atomic mass is 9.99. The Morgan fingerprint density at radius 2 is 2.22 bits per heavy atom. The fourth-order valence-electron chi connectivity index (χ4n) is 2.18. The number of rotatable bonds is 6. The van der Waals surface area contributed by atoms with Gasteiger partial charge in [-0.15, -0.1) is 0 Å². The zero-order valence-electron chi connectivity index (χ0n) is 13.2. The molecule has 3 rings (SSSR count). The van der Waals surface area contributed by atoms with Gasteiger partial charge < -0.3 is 4.84 Å². The van der Waals surface area contributed by atoms with Crippen molar-refractivity contribution in [3.8, 4) is 11.8 Å². The van der Waals surface area contributed by atoms with Gasteiger partial charge in [-0.3, -0.25) is 4.68 Å². The van der Waals surface area contributed by atoms with Crippen molar-refractivity contribution in [1.29, 1.82) is 0 Å². The molecule has 5 nitrogen and oxygen atoms in total. The van der Waals surface area contributed by atoms with E-state index < -0.39 is 0 Å². The summed E-state index contributed by atoms with van der Waals surface area (Å²) >= 11 is 0. The summed E-state index contributed by atoms with van der Waals surface area (Å²) in [4.78, 5) is 9.09. The van der Waals surface area contributed by atoms with E-state index >= 15 is 0 Å². The normalized spacial score (nSPS) is 15.2. The first kappa shape index (κ1) is 15.3. The average molecular weight is 308 g/mol. The van der Waals surface area contributed by atoms with Crippen LogP contribution in [0.15, 0.2) is 42.1 Å². The maximum atomic E-state index is 5.10. The van der Waals surface area contributed by atoms with Crippen molar-refractivity contribution in [3.05, 3.63) is 48.0 Å². The summed E-state index contributed by atoms with van der Waals surface area (Å²) in [7, 11) is 0. The standard InChI is InChI=1S/C18H20N4O/c1-2-23-21-11-18(12-22-14-19-13-20-22)17-9-7-16(8-10-17)6-5-15-3-4-15/h7-11,13-15,18H,2-4,12H2,1H3/b21-11+. The number of oxime groups is 1. The molecule has 1 saturated carbocycles. The highest BCUT2D eigenvalue weighted by Crippen LogP contribution is 2.27. The Morgan fingerprint density at radius 1 is 1.39 bits per heavy atom. The summed E-state index contributed by atoms with van der Waals surface area (Å²) in [6.45, 7) is 3.14. The van der Waals surface area contributed by atoms with E-state index in [-0.39, 0.29) is 5.92 Å². The van der Waals surface area contributed by atoms with Crippen LogP contribution >= 0.6 is 0 Å². The van der Waals surface area contributed by atoms with Gasteiger partial charge in [0.15, 0.2) is 0 Å². The van der Waals surface area contributed by atoms with E-state index in [1.807, 2.05) is 13.1 Å². The highest BCUT2D eigenvalue weighted by atomic mass is 16.6. The molecule has 1 aromatic heterocycles. The maximum Gasteiger partial charge on any atom is 0.137 e. The van der Waals surface area contributed by atoms with E-state index in [9.17, 15) is 0 Å². The third-order valence-electron chi connectivity index (χ3n) is 3.63. The predicted octanol–water partition coefficient (Wildman–Crippen LogP) is 2.85. The summed E-state index contributed by atoms with van der Waals surface area (Å²) in [6, 6.07) is 8.31. The van der Waals surface area contributed by atoms with E-state index in [4.69, 9.17) is 4.84 Å². The molecule has 0 bridgehead atoms. The topological polar surface area (TPSA) is 52.3 Å². The van der Waals surface area contributed by atoms with Gasteiger partial charge in [0.05, 0.1) is 12.8 Å². The molecule has 0 amide bonds. The molecule has 0 spiro atoms. The fourth-order valence-corrected chi connectivity index (χ4v) is 2.18. The Morgan fingerprint density at radius 3 is 2.87 bits per heavy atom. The molecular weight excluding hydrogens is 288 g/mol. The first-order chi connectivity index (χ1) is 11.3. The second-order valence-corrected chi connectivity index (χ2v) is 5.56.